The maximum absolute atomic E-state index is 11.1. The molecule has 0 spiro atoms. The molecule has 0 saturated carbocycles. The van der Waals surface area contributed by atoms with Crippen molar-refractivity contribution in [3.05, 3.63) is 46.1 Å². The molecular formula is C15H18N4O2. The van der Waals surface area contributed by atoms with Crippen LogP contribution in [0.3, 0.4) is 0 Å². The first-order valence-corrected chi connectivity index (χ1v) is 7.01. The van der Waals surface area contributed by atoms with E-state index in [1.54, 1.807) is 18.2 Å². The van der Waals surface area contributed by atoms with E-state index in [4.69, 9.17) is 0 Å². The fraction of sp³-hybridized carbons (Fsp3) is 0.333. The second-order valence-corrected chi connectivity index (χ2v) is 4.62. The molecule has 1 heterocycles. The Hall–Kier alpha value is -2.50. The molecule has 110 valence electrons. The van der Waals surface area contributed by atoms with Crippen LogP contribution in [0.2, 0.25) is 0 Å². The number of nitrogens with zero attached hydrogens (tertiary/aromatic N) is 3. The summed E-state index contributed by atoms with van der Waals surface area (Å²) < 4.78 is 0. The van der Waals surface area contributed by atoms with Crippen molar-refractivity contribution in [3.8, 4) is 11.4 Å². The normalized spacial score (nSPS) is 10.4. The lowest BCUT2D eigenvalue weighted by Gasteiger charge is -2.09. The number of hydrogen-bond acceptors (Lipinski definition) is 5. The number of aryl methyl sites for hydroxylation is 1. The van der Waals surface area contributed by atoms with Crippen LogP contribution in [0.1, 0.15) is 26.0 Å². The van der Waals surface area contributed by atoms with Gasteiger partial charge in [-0.05, 0) is 18.9 Å². The summed E-state index contributed by atoms with van der Waals surface area (Å²) in [6, 6.07) is 8.42. The first-order valence-electron chi connectivity index (χ1n) is 7.01. The van der Waals surface area contributed by atoms with Crippen LogP contribution in [0.5, 0.6) is 0 Å². The molecule has 6 nitrogen and oxygen atoms in total. The lowest BCUT2D eigenvalue weighted by molar-refractivity contribution is -0.384. The van der Waals surface area contributed by atoms with Gasteiger partial charge in [0, 0.05) is 24.4 Å². The zero-order valence-electron chi connectivity index (χ0n) is 12.2. The molecule has 1 aromatic heterocycles. The quantitative estimate of drug-likeness (QED) is 0.650. The summed E-state index contributed by atoms with van der Waals surface area (Å²) in [4.78, 5) is 19.6. The summed E-state index contributed by atoms with van der Waals surface area (Å²) in [6.07, 6.45) is 1.73. The van der Waals surface area contributed by atoms with Gasteiger partial charge in [0.1, 0.15) is 5.82 Å². The lowest BCUT2D eigenvalue weighted by Crippen LogP contribution is -2.06. The van der Waals surface area contributed by atoms with Gasteiger partial charge < -0.3 is 5.32 Å². The zero-order valence-corrected chi connectivity index (χ0v) is 12.2. The molecule has 0 atom stereocenters. The van der Waals surface area contributed by atoms with Gasteiger partial charge in [0.2, 0.25) is 0 Å². The van der Waals surface area contributed by atoms with Gasteiger partial charge in [-0.3, -0.25) is 10.1 Å². The van der Waals surface area contributed by atoms with Crippen LogP contribution in [0.4, 0.5) is 11.5 Å². The number of anilines is 1. The molecule has 0 radical (unpaired) electrons. The van der Waals surface area contributed by atoms with Gasteiger partial charge in [-0.1, -0.05) is 26.0 Å². The molecule has 2 rings (SSSR count). The second kappa shape index (κ2) is 6.78. The Kier molecular flexibility index (Phi) is 4.81. The molecule has 0 unspecified atom stereocenters. The minimum absolute atomic E-state index is 0.0206. The van der Waals surface area contributed by atoms with Crippen LogP contribution in [-0.2, 0) is 6.42 Å². The third kappa shape index (κ3) is 3.53. The van der Waals surface area contributed by atoms with E-state index in [0.29, 0.717) is 17.2 Å². The minimum Gasteiger partial charge on any atom is -0.370 e. The van der Waals surface area contributed by atoms with Gasteiger partial charge in [-0.25, -0.2) is 9.97 Å². The van der Waals surface area contributed by atoms with Crippen molar-refractivity contribution in [2.24, 2.45) is 0 Å². The first kappa shape index (κ1) is 14.9. The minimum atomic E-state index is -0.406. The number of benzene rings is 1. The van der Waals surface area contributed by atoms with Crippen molar-refractivity contribution in [2.75, 3.05) is 11.9 Å². The molecule has 0 aliphatic heterocycles. The van der Waals surface area contributed by atoms with Gasteiger partial charge in [-0.15, -0.1) is 0 Å². The Labute approximate surface area is 123 Å². The second-order valence-electron chi connectivity index (χ2n) is 4.62. The van der Waals surface area contributed by atoms with E-state index in [9.17, 15) is 10.1 Å². The van der Waals surface area contributed by atoms with Crippen LogP contribution in [-0.4, -0.2) is 21.4 Å². The molecule has 0 aliphatic carbocycles. The predicted octanol–water partition coefficient (Wildman–Crippen LogP) is 3.44. The van der Waals surface area contributed by atoms with Gasteiger partial charge in [0.15, 0.2) is 5.82 Å². The molecule has 0 saturated heterocycles. The molecule has 6 heteroatoms. The maximum atomic E-state index is 11.1. The molecule has 0 fully saturated rings. The highest BCUT2D eigenvalue weighted by atomic mass is 16.6. The summed E-state index contributed by atoms with van der Waals surface area (Å²) in [5, 5.41) is 14.3. The predicted molar refractivity (Wildman–Crippen MR) is 82.3 cm³/mol. The summed E-state index contributed by atoms with van der Waals surface area (Å²) in [5.74, 6) is 1.09. The highest BCUT2D eigenvalue weighted by Gasteiger charge is 2.17. The molecule has 1 aromatic carbocycles. The fourth-order valence-electron chi connectivity index (χ4n) is 1.96. The Morgan fingerprint density at radius 1 is 1.24 bits per heavy atom. The van der Waals surface area contributed by atoms with Crippen molar-refractivity contribution in [1.82, 2.24) is 9.97 Å². The van der Waals surface area contributed by atoms with Gasteiger partial charge in [-0.2, -0.15) is 0 Å². The number of nitro groups is 1. The Balaban J connectivity index is 2.50. The molecular weight excluding hydrogens is 268 g/mol. The van der Waals surface area contributed by atoms with E-state index in [1.165, 1.54) is 6.07 Å². The van der Waals surface area contributed by atoms with E-state index in [2.05, 4.69) is 22.2 Å². The Morgan fingerprint density at radius 2 is 2.00 bits per heavy atom. The van der Waals surface area contributed by atoms with Crippen molar-refractivity contribution >= 4 is 11.5 Å². The smallest absolute Gasteiger partial charge is 0.280 e. The van der Waals surface area contributed by atoms with Gasteiger partial charge in [0.05, 0.1) is 10.5 Å². The number of nitrogens with one attached hydrogen (secondary N) is 1. The maximum Gasteiger partial charge on any atom is 0.280 e. The Bertz CT molecular complexity index is 643. The Morgan fingerprint density at radius 3 is 2.67 bits per heavy atom. The molecule has 2 aromatic rings. The van der Waals surface area contributed by atoms with E-state index < -0.39 is 4.92 Å². The third-order valence-corrected chi connectivity index (χ3v) is 3.04. The highest BCUT2D eigenvalue weighted by Crippen LogP contribution is 2.27. The van der Waals surface area contributed by atoms with E-state index >= 15 is 0 Å². The zero-order chi connectivity index (χ0) is 15.2. The van der Waals surface area contributed by atoms with Crippen molar-refractivity contribution in [3.63, 3.8) is 0 Å². The topological polar surface area (TPSA) is 81.0 Å². The van der Waals surface area contributed by atoms with E-state index in [0.717, 1.165) is 25.1 Å². The number of nitro benzene ring substituents is 1. The first-order chi connectivity index (χ1) is 10.2. The van der Waals surface area contributed by atoms with Crippen LogP contribution < -0.4 is 5.32 Å². The fourth-order valence-corrected chi connectivity index (χ4v) is 1.96. The van der Waals surface area contributed by atoms with Crippen LogP contribution in [0.15, 0.2) is 30.3 Å². The number of hydrogen-bond donors (Lipinski definition) is 1. The van der Waals surface area contributed by atoms with E-state index in [1.807, 2.05) is 13.0 Å². The van der Waals surface area contributed by atoms with Crippen LogP contribution >= 0.6 is 0 Å². The van der Waals surface area contributed by atoms with Crippen molar-refractivity contribution in [2.45, 2.75) is 26.7 Å². The summed E-state index contributed by atoms with van der Waals surface area (Å²) in [5.41, 5.74) is 1.32. The lowest BCUT2D eigenvalue weighted by atomic mass is 10.1. The summed E-state index contributed by atoms with van der Waals surface area (Å²) >= 11 is 0. The average molecular weight is 286 g/mol. The molecule has 0 amide bonds. The van der Waals surface area contributed by atoms with Crippen molar-refractivity contribution in [1.29, 1.82) is 0 Å². The van der Waals surface area contributed by atoms with E-state index in [-0.39, 0.29) is 5.69 Å². The largest absolute Gasteiger partial charge is 0.370 e. The van der Waals surface area contributed by atoms with Crippen LogP contribution in [0.25, 0.3) is 11.4 Å². The SMILES string of the molecule is CCCNc1cc(CC)nc(-c2ccccc2[N+](=O)[O-])n1. The molecule has 0 aliphatic rings. The standard InChI is InChI=1S/C15H18N4O2/c1-3-9-16-14-10-11(4-2)17-15(18-14)12-7-5-6-8-13(12)19(20)21/h5-8,10H,3-4,9H2,1-2H3,(H,16,17,18). The van der Waals surface area contributed by atoms with Gasteiger partial charge in [0.25, 0.3) is 5.69 Å². The van der Waals surface area contributed by atoms with Crippen LogP contribution in [0, 0.1) is 10.1 Å². The molecule has 21 heavy (non-hydrogen) atoms. The third-order valence-electron chi connectivity index (χ3n) is 3.04. The number of para-hydroxylation sites is 1. The average Bonchev–Trinajstić information content (AvgIpc) is 2.52. The van der Waals surface area contributed by atoms with Crippen molar-refractivity contribution < 1.29 is 4.92 Å². The highest BCUT2D eigenvalue weighted by molar-refractivity contribution is 5.68. The van der Waals surface area contributed by atoms with Gasteiger partial charge >= 0.3 is 0 Å². The monoisotopic (exact) mass is 286 g/mol. The summed E-state index contributed by atoms with van der Waals surface area (Å²) in [7, 11) is 0. The molecule has 1 N–H and O–H groups in total. The number of aromatic nitrogens is 2. The number of rotatable bonds is 6. The molecule has 0 bridgehead atoms. The summed E-state index contributed by atoms with van der Waals surface area (Å²) in [6.45, 7) is 4.86.